The Morgan fingerprint density at radius 3 is 2.62 bits per heavy atom. The first-order valence-electron chi connectivity index (χ1n) is 8.33. The van der Waals surface area contributed by atoms with Crippen molar-refractivity contribution in [3.8, 4) is 0 Å². The highest BCUT2D eigenvalue weighted by molar-refractivity contribution is 7.09. The average Bonchev–Trinajstić information content (AvgIpc) is 3.01. The first kappa shape index (κ1) is 16.9. The van der Waals surface area contributed by atoms with E-state index in [4.69, 9.17) is 0 Å². The maximum Gasteiger partial charge on any atom is 0.228 e. The van der Waals surface area contributed by atoms with Gasteiger partial charge >= 0.3 is 0 Å². The van der Waals surface area contributed by atoms with Crippen LogP contribution in [0.15, 0.2) is 41.8 Å². The Morgan fingerprint density at radius 2 is 1.96 bits per heavy atom. The zero-order chi connectivity index (χ0) is 16.8. The summed E-state index contributed by atoms with van der Waals surface area (Å²) in [5.74, 6) is 0.194. The number of amides is 1. The molecule has 0 bridgehead atoms. The van der Waals surface area contributed by atoms with E-state index in [1.54, 1.807) is 11.3 Å². The maximum atomic E-state index is 12.3. The molecule has 0 unspecified atom stereocenters. The summed E-state index contributed by atoms with van der Waals surface area (Å²) in [6.45, 7) is 6.38. The molecule has 1 aliphatic rings. The van der Waals surface area contributed by atoms with Crippen LogP contribution in [0.1, 0.15) is 16.3 Å². The summed E-state index contributed by atoms with van der Waals surface area (Å²) in [5, 5.41) is 3.01. The Bertz CT molecular complexity index is 688. The molecule has 0 saturated carbocycles. The van der Waals surface area contributed by atoms with Gasteiger partial charge in [-0.2, -0.15) is 0 Å². The third kappa shape index (κ3) is 4.76. The summed E-state index contributed by atoms with van der Waals surface area (Å²) < 4.78 is 0. The molecule has 1 fully saturated rings. The van der Waals surface area contributed by atoms with Crippen molar-refractivity contribution in [3.05, 3.63) is 58.1 Å². The monoisotopic (exact) mass is 341 g/mol. The first-order valence-corrected chi connectivity index (χ1v) is 9.21. The molecular formula is C19H23N3OS. The number of carbonyl (C=O) groups is 1. The summed E-state index contributed by atoms with van der Waals surface area (Å²) in [5.41, 5.74) is 2.13. The van der Waals surface area contributed by atoms with E-state index in [2.05, 4.69) is 34.2 Å². The number of benzene rings is 1. The smallest absolute Gasteiger partial charge is 0.228 e. The Morgan fingerprint density at radius 1 is 1.21 bits per heavy atom. The minimum absolute atomic E-state index is 0.194. The van der Waals surface area contributed by atoms with Crippen molar-refractivity contribution in [3.63, 3.8) is 0 Å². The summed E-state index contributed by atoms with van der Waals surface area (Å²) in [6, 6.07) is 10.3. The summed E-state index contributed by atoms with van der Waals surface area (Å²) >= 11 is 1.60. The Labute approximate surface area is 147 Å². The van der Waals surface area contributed by atoms with Gasteiger partial charge in [0.25, 0.3) is 0 Å². The molecular weight excluding hydrogens is 318 g/mol. The van der Waals surface area contributed by atoms with Crippen molar-refractivity contribution in [2.45, 2.75) is 13.3 Å². The molecule has 1 saturated heterocycles. The molecule has 1 aromatic carbocycles. The SMILES string of the molecule is Cc1nc(CC(=O)N2CCN(C/C=C/c3ccccc3)CC2)cs1. The second-order valence-electron chi connectivity index (χ2n) is 6.03. The highest BCUT2D eigenvalue weighted by Gasteiger charge is 2.21. The van der Waals surface area contributed by atoms with Gasteiger partial charge in [0.2, 0.25) is 5.91 Å². The van der Waals surface area contributed by atoms with Crippen LogP contribution in [0.2, 0.25) is 0 Å². The predicted octanol–water partition coefficient (Wildman–Crippen LogP) is 2.85. The maximum absolute atomic E-state index is 12.3. The average molecular weight is 341 g/mol. The molecule has 0 spiro atoms. The number of rotatable bonds is 5. The van der Waals surface area contributed by atoms with Crippen LogP contribution in [-0.2, 0) is 11.2 Å². The lowest BCUT2D eigenvalue weighted by Gasteiger charge is -2.34. The predicted molar refractivity (Wildman–Crippen MR) is 99.1 cm³/mol. The van der Waals surface area contributed by atoms with Crippen LogP contribution in [0.25, 0.3) is 6.08 Å². The van der Waals surface area contributed by atoms with Crippen molar-refractivity contribution in [1.82, 2.24) is 14.8 Å². The van der Waals surface area contributed by atoms with Gasteiger partial charge in [-0.25, -0.2) is 4.98 Å². The van der Waals surface area contributed by atoms with Gasteiger partial charge in [0.15, 0.2) is 0 Å². The number of hydrogen-bond donors (Lipinski definition) is 0. The summed E-state index contributed by atoms with van der Waals surface area (Å²) in [7, 11) is 0. The summed E-state index contributed by atoms with van der Waals surface area (Å²) in [6.07, 6.45) is 4.78. The second kappa shape index (κ2) is 8.22. The van der Waals surface area contributed by atoms with E-state index in [0.717, 1.165) is 43.4 Å². The largest absolute Gasteiger partial charge is 0.340 e. The van der Waals surface area contributed by atoms with Gasteiger partial charge in [-0.05, 0) is 12.5 Å². The molecule has 1 aromatic heterocycles. The van der Waals surface area contributed by atoms with Crippen molar-refractivity contribution in [1.29, 1.82) is 0 Å². The fourth-order valence-electron chi connectivity index (χ4n) is 2.84. The zero-order valence-corrected chi connectivity index (χ0v) is 14.8. The third-order valence-electron chi connectivity index (χ3n) is 4.20. The van der Waals surface area contributed by atoms with Crippen molar-refractivity contribution in [2.24, 2.45) is 0 Å². The molecule has 1 amide bonds. The van der Waals surface area contributed by atoms with Gasteiger partial charge in [0.1, 0.15) is 0 Å². The molecule has 0 radical (unpaired) electrons. The highest BCUT2D eigenvalue weighted by Crippen LogP contribution is 2.11. The lowest BCUT2D eigenvalue weighted by atomic mass is 10.2. The molecule has 0 atom stereocenters. The Kier molecular flexibility index (Phi) is 5.77. The van der Waals surface area contributed by atoms with E-state index in [9.17, 15) is 4.79 Å². The minimum atomic E-state index is 0.194. The molecule has 1 aliphatic heterocycles. The molecule has 126 valence electrons. The van der Waals surface area contributed by atoms with E-state index in [1.807, 2.05) is 35.4 Å². The fraction of sp³-hybridized carbons (Fsp3) is 0.368. The Hall–Kier alpha value is -1.98. The molecule has 24 heavy (non-hydrogen) atoms. The topological polar surface area (TPSA) is 36.4 Å². The fourth-order valence-corrected chi connectivity index (χ4v) is 3.45. The molecule has 2 heterocycles. The van der Waals surface area contributed by atoms with Crippen LogP contribution in [0.3, 0.4) is 0 Å². The number of hydrogen-bond acceptors (Lipinski definition) is 4. The number of piperazine rings is 1. The van der Waals surface area contributed by atoms with E-state index >= 15 is 0 Å². The van der Waals surface area contributed by atoms with Gasteiger partial charge in [-0.3, -0.25) is 9.69 Å². The number of carbonyl (C=O) groups excluding carboxylic acids is 1. The molecule has 0 aliphatic carbocycles. The molecule has 4 nitrogen and oxygen atoms in total. The van der Waals surface area contributed by atoms with Gasteiger partial charge < -0.3 is 4.90 Å². The van der Waals surface area contributed by atoms with Gasteiger partial charge in [-0.15, -0.1) is 11.3 Å². The van der Waals surface area contributed by atoms with Gasteiger partial charge in [-0.1, -0.05) is 42.5 Å². The van der Waals surface area contributed by atoms with Gasteiger partial charge in [0.05, 0.1) is 17.1 Å². The lowest BCUT2D eigenvalue weighted by Crippen LogP contribution is -2.49. The van der Waals surface area contributed by atoms with Crippen LogP contribution in [-0.4, -0.2) is 53.4 Å². The van der Waals surface area contributed by atoms with Crippen LogP contribution >= 0.6 is 11.3 Å². The van der Waals surface area contributed by atoms with E-state index in [-0.39, 0.29) is 5.91 Å². The third-order valence-corrected chi connectivity index (χ3v) is 5.02. The van der Waals surface area contributed by atoms with E-state index < -0.39 is 0 Å². The highest BCUT2D eigenvalue weighted by atomic mass is 32.1. The summed E-state index contributed by atoms with van der Waals surface area (Å²) in [4.78, 5) is 21.1. The number of aromatic nitrogens is 1. The zero-order valence-electron chi connectivity index (χ0n) is 14.0. The minimum Gasteiger partial charge on any atom is -0.340 e. The molecule has 3 rings (SSSR count). The van der Waals surface area contributed by atoms with Crippen molar-refractivity contribution < 1.29 is 4.79 Å². The molecule has 5 heteroatoms. The van der Waals surface area contributed by atoms with E-state index in [1.165, 1.54) is 5.56 Å². The standard InChI is InChI=1S/C19H23N3OS/c1-16-20-18(15-24-16)14-19(23)22-12-10-21(11-13-22)9-5-8-17-6-3-2-4-7-17/h2-8,15H,9-14H2,1H3/b8-5+. The normalized spacial score (nSPS) is 16.0. The van der Waals surface area contributed by atoms with Crippen LogP contribution in [0, 0.1) is 6.92 Å². The molecule has 2 aromatic rings. The van der Waals surface area contributed by atoms with Crippen LogP contribution in [0.5, 0.6) is 0 Å². The van der Waals surface area contributed by atoms with Crippen molar-refractivity contribution >= 4 is 23.3 Å². The lowest BCUT2D eigenvalue weighted by molar-refractivity contribution is -0.132. The number of nitrogens with zero attached hydrogens (tertiary/aromatic N) is 3. The van der Waals surface area contributed by atoms with Crippen LogP contribution in [0.4, 0.5) is 0 Å². The quantitative estimate of drug-likeness (QED) is 0.839. The van der Waals surface area contributed by atoms with Crippen molar-refractivity contribution in [2.75, 3.05) is 32.7 Å². The van der Waals surface area contributed by atoms with Crippen LogP contribution < -0.4 is 0 Å². The van der Waals surface area contributed by atoms with Gasteiger partial charge in [0, 0.05) is 38.1 Å². The number of aryl methyl sites for hydroxylation is 1. The molecule has 0 N–H and O–H groups in total. The number of thiazole rings is 1. The Balaban J connectivity index is 1.42. The van der Waals surface area contributed by atoms with E-state index in [0.29, 0.717) is 6.42 Å². The first-order chi connectivity index (χ1) is 11.7. The second-order valence-corrected chi connectivity index (χ2v) is 7.09.